The van der Waals surface area contributed by atoms with E-state index >= 15 is 0 Å². The lowest BCUT2D eigenvalue weighted by Crippen LogP contribution is -1.99. The summed E-state index contributed by atoms with van der Waals surface area (Å²) in [5.41, 5.74) is 7.06. The molecule has 0 heterocycles. The van der Waals surface area contributed by atoms with Crippen LogP contribution in [-0.2, 0) is 32.1 Å². The normalized spacial score (nSPS) is 11.2. The number of aryl methyl sites for hydroxylation is 5. The van der Waals surface area contributed by atoms with Gasteiger partial charge in [0.15, 0.2) is 0 Å². The molecule has 0 fully saturated rings. The van der Waals surface area contributed by atoms with E-state index in [2.05, 4.69) is 91.9 Å². The zero-order chi connectivity index (χ0) is 27.8. The molecular formula is C38H48O2. The van der Waals surface area contributed by atoms with Crippen molar-refractivity contribution in [1.82, 2.24) is 0 Å². The third kappa shape index (κ3) is 9.52. The summed E-state index contributed by atoms with van der Waals surface area (Å²) in [6, 6.07) is 31.6. The Morgan fingerprint density at radius 1 is 0.500 bits per heavy atom. The quantitative estimate of drug-likeness (QED) is 0.128. The van der Waals surface area contributed by atoms with Gasteiger partial charge >= 0.3 is 0 Å². The molecule has 4 aromatic rings. The molecule has 0 aromatic heterocycles. The van der Waals surface area contributed by atoms with Crippen molar-refractivity contribution in [3.63, 3.8) is 0 Å². The van der Waals surface area contributed by atoms with E-state index in [0.29, 0.717) is 6.61 Å². The van der Waals surface area contributed by atoms with E-state index in [1.165, 1.54) is 70.7 Å². The standard InChI is InChI=1S/C38H48O2/c1-2-3-4-11-30-40-36-27-21-33(22-28-36)20-24-35-26-25-34(37-13-8-9-14-38(35)37)23-19-32-17-15-31(16-18-32)12-7-5-6-10-29-39/h8-9,13-18,21-22,25-28,39H,2-7,10-12,19-20,23-24,29-30H2,1H3. The molecule has 0 radical (unpaired) electrons. The second kappa shape index (κ2) is 16.9. The van der Waals surface area contributed by atoms with Crippen molar-refractivity contribution in [3.05, 3.63) is 113 Å². The molecule has 0 atom stereocenters. The van der Waals surface area contributed by atoms with Crippen LogP contribution in [0.25, 0.3) is 10.8 Å². The Bertz CT molecular complexity index is 1160. The lowest BCUT2D eigenvalue weighted by Gasteiger charge is -2.12. The number of rotatable bonds is 18. The van der Waals surface area contributed by atoms with Crippen molar-refractivity contribution >= 4 is 10.8 Å². The minimum absolute atomic E-state index is 0.316. The van der Waals surface area contributed by atoms with Crippen LogP contribution >= 0.6 is 0 Å². The summed E-state index contributed by atoms with van der Waals surface area (Å²) in [6.45, 7) is 3.37. The van der Waals surface area contributed by atoms with Crippen LogP contribution in [0.1, 0.15) is 86.1 Å². The molecule has 0 aliphatic rings. The molecule has 212 valence electrons. The van der Waals surface area contributed by atoms with E-state index in [1.54, 1.807) is 0 Å². The summed E-state index contributed by atoms with van der Waals surface area (Å²) >= 11 is 0. The first-order valence-electron chi connectivity index (χ1n) is 15.7. The highest BCUT2D eigenvalue weighted by atomic mass is 16.5. The zero-order valence-electron chi connectivity index (χ0n) is 24.5. The Kier molecular flexibility index (Phi) is 12.6. The number of benzene rings is 4. The third-order valence-electron chi connectivity index (χ3n) is 8.06. The Morgan fingerprint density at radius 2 is 1.02 bits per heavy atom. The number of aliphatic hydroxyl groups is 1. The van der Waals surface area contributed by atoms with Crippen LogP contribution in [0.4, 0.5) is 0 Å². The fourth-order valence-corrected chi connectivity index (χ4v) is 5.56. The van der Waals surface area contributed by atoms with Crippen LogP contribution in [0.2, 0.25) is 0 Å². The van der Waals surface area contributed by atoms with E-state index in [9.17, 15) is 0 Å². The largest absolute Gasteiger partial charge is 0.494 e. The smallest absolute Gasteiger partial charge is 0.119 e. The summed E-state index contributed by atoms with van der Waals surface area (Å²) in [7, 11) is 0. The van der Waals surface area contributed by atoms with Crippen LogP contribution in [0.5, 0.6) is 5.75 Å². The number of ether oxygens (including phenoxy) is 1. The van der Waals surface area contributed by atoms with E-state index in [0.717, 1.165) is 63.7 Å². The predicted molar refractivity (Wildman–Crippen MR) is 171 cm³/mol. The van der Waals surface area contributed by atoms with Gasteiger partial charge in [-0.1, -0.05) is 112 Å². The van der Waals surface area contributed by atoms with E-state index in [4.69, 9.17) is 9.84 Å². The van der Waals surface area contributed by atoms with Crippen molar-refractivity contribution < 1.29 is 9.84 Å². The van der Waals surface area contributed by atoms with Gasteiger partial charge in [-0.3, -0.25) is 0 Å². The van der Waals surface area contributed by atoms with Gasteiger partial charge in [-0.2, -0.15) is 0 Å². The minimum Gasteiger partial charge on any atom is -0.494 e. The molecule has 0 saturated carbocycles. The van der Waals surface area contributed by atoms with Crippen molar-refractivity contribution in [1.29, 1.82) is 0 Å². The maximum Gasteiger partial charge on any atom is 0.119 e. The fraction of sp³-hybridized carbons (Fsp3) is 0.421. The van der Waals surface area contributed by atoms with Crippen molar-refractivity contribution in [3.8, 4) is 5.75 Å². The number of fused-ring (bicyclic) bond motifs is 1. The molecule has 0 saturated heterocycles. The minimum atomic E-state index is 0.316. The number of aliphatic hydroxyl groups excluding tert-OH is 1. The van der Waals surface area contributed by atoms with Crippen LogP contribution < -0.4 is 4.74 Å². The van der Waals surface area contributed by atoms with Gasteiger partial charge in [0.1, 0.15) is 5.75 Å². The second-order valence-electron chi connectivity index (χ2n) is 11.2. The lowest BCUT2D eigenvalue weighted by molar-refractivity contribution is 0.282. The molecule has 0 bridgehead atoms. The maximum absolute atomic E-state index is 8.93. The molecule has 0 aliphatic carbocycles. The van der Waals surface area contributed by atoms with Crippen molar-refractivity contribution in [2.24, 2.45) is 0 Å². The summed E-state index contributed by atoms with van der Waals surface area (Å²) in [4.78, 5) is 0. The molecule has 0 amide bonds. The van der Waals surface area contributed by atoms with Gasteiger partial charge in [-0.05, 0) is 102 Å². The van der Waals surface area contributed by atoms with E-state index in [1.807, 2.05) is 0 Å². The van der Waals surface area contributed by atoms with E-state index < -0.39 is 0 Å². The molecule has 0 aliphatic heterocycles. The van der Waals surface area contributed by atoms with Gasteiger partial charge in [0.2, 0.25) is 0 Å². The summed E-state index contributed by atoms with van der Waals surface area (Å²) in [5, 5.41) is 11.7. The molecular weight excluding hydrogens is 488 g/mol. The Hall–Kier alpha value is -3.10. The van der Waals surface area contributed by atoms with Gasteiger partial charge in [0.05, 0.1) is 6.61 Å². The molecule has 40 heavy (non-hydrogen) atoms. The average Bonchev–Trinajstić information content (AvgIpc) is 3.00. The number of unbranched alkanes of at least 4 members (excludes halogenated alkanes) is 6. The summed E-state index contributed by atoms with van der Waals surface area (Å²) in [6.07, 6.45) is 14.7. The van der Waals surface area contributed by atoms with Crippen molar-refractivity contribution in [2.75, 3.05) is 13.2 Å². The summed E-state index contributed by atoms with van der Waals surface area (Å²) in [5.74, 6) is 0.985. The first-order chi connectivity index (χ1) is 19.8. The first-order valence-corrected chi connectivity index (χ1v) is 15.7. The van der Waals surface area contributed by atoms with Gasteiger partial charge in [0, 0.05) is 6.61 Å². The fourth-order valence-electron chi connectivity index (χ4n) is 5.56. The molecule has 4 rings (SSSR count). The molecule has 2 nitrogen and oxygen atoms in total. The average molecular weight is 537 g/mol. The van der Waals surface area contributed by atoms with Gasteiger partial charge in [-0.15, -0.1) is 0 Å². The zero-order valence-corrected chi connectivity index (χ0v) is 24.5. The Labute approximate surface area is 242 Å². The topological polar surface area (TPSA) is 29.5 Å². The molecule has 1 N–H and O–H groups in total. The molecule has 0 unspecified atom stereocenters. The van der Waals surface area contributed by atoms with Gasteiger partial charge < -0.3 is 9.84 Å². The number of hydrogen-bond donors (Lipinski definition) is 1. The monoisotopic (exact) mass is 536 g/mol. The summed E-state index contributed by atoms with van der Waals surface area (Å²) < 4.78 is 5.92. The first kappa shape index (κ1) is 29.9. The van der Waals surface area contributed by atoms with Gasteiger partial charge in [0.25, 0.3) is 0 Å². The lowest BCUT2D eigenvalue weighted by atomic mass is 9.93. The highest BCUT2D eigenvalue weighted by molar-refractivity contribution is 5.88. The van der Waals surface area contributed by atoms with Crippen LogP contribution in [-0.4, -0.2) is 18.3 Å². The van der Waals surface area contributed by atoms with E-state index in [-0.39, 0.29) is 0 Å². The Morgan fingerprint density at radius 3 is 1.60 bits per heavy atom. The highest BCUT2D eigenvalue weighted by Gasteiger charge is 2.08. The Balaban J connectivity index is 1.29. The van der Waals surface area contributed by atoms with Gasteiger partial charge in [-0.25, -0.2) is 0 Å². The van der Waals surface area contributed by atoms with Crippen LogP contribution in [0, 0.1) is 0 Å². The maximum atomic E-state index is 8.93. The van der Waals surface area contributed by atoms with Crippen LogP contribution in [0.15, 0.2) is 84.9 Å². The highest BCUT2D eigenvalue weighted by Crippen LogP contribution is 2.26. The molecule has 0 spiro atoms. The SMILES string of the molecule is CCCCCCOc1ccc(CCc2ccc(CCc3ccc(CCCCCCO)cc3)c3ccccc23)cc1. The molecule has 2 heteroatoms. The molecule has 4 aromatic carbocycles. The second-order valence-corrected chi connectivity index (χ2v) is 11.2. The predicted octanol–water partition coefficient (Wildman–Crippen LogP) is 9.46. The third-order valence-corrected chi connectivity index (χ3v) is 8.06. The van der Waals surface area contributed by atoms with Crippen LogP contribution in [0.3, 0.4) is 0 Å². The number of hydrogen-bond acceptors (Lipinski definition) is 2. The van der Waals surface area contributed by atoms with Crippen molar-refractivity contribution in [2.45, 2.75) is 90.4 Å².